The number of non-ortho nitro benzene ring substituents is 1. The van der Waals surface area contributed by atoms with E-state index in [4.69, 9.17) is 9.79 Å². The molecule has 0 aliphatic heterocycles. The monoisotopic (exact) mass is 375 g/mol. The Labute approximate surface area is 148 Å². The highest BCUT2D eigenvalue weighted by Gasteiger charge is 2.15. The number of hydrogen-bond donors (Lipinski definition) is 3. The van der Waals surface area contributed by atoms with Crippen LogP contribution in [0, 0.1) is 10.1 Å². The van der Waals surface area contributed by atoms with Crippen molar-refractivity contribution in [3.05, 3.63) is 39.4 Å². The van der Waals surface area contributed by atoms with Crippen molar-refractivity contribution in [1.29, 1.82) is 0 Å². The molecule has 0 radical (unpaired) electrons. The van der Waals surface area contributed by atoms with Gasteiger partial charge in [-0.25, -0.2) is 0 Å². The van der Waals surface area contributed by atoms with Crippen LogP contribution in [0.25, 0.3) is 0 Å². The lowest BCUT2D eigenvalue weighted by Crippen LogP contribution is -1.99. The second-order valence-electron chi connectivity index (χ2n) is 5.95. The zero-order valence-electron chi connectivity index (χ0n) is 13.9. The molecule has 1 aromatic rings. The summed E-state index contributed by atoms with van der Waals surface area (Å²) in [4.78, 5) is 28.0. The van der Waals surface area contributed by atoms with E-state index in [1.54, 1.807) is 12.1 Å². The first-order valence-corrected chi connectivity index (χ1v) is 10.6. The molecule has 0 saturated carbocycles. The average Bonchev–Trinajstić information content (AvgIpc) is 2.51. The van der Waals surface area contributed by atoms with Crippen LogP contribution in [0.3, 0.4) is 0 Å². The van der Waals surface area contributed by atoms with E-state index in [2.05, 4.69) is 12.6 Å². The van der Waals surface area contributed by atoms with Gasteiger partial charge in [0.2, 0.25) is 0 Å². The first-order valence-electron chi connectivity index (χ1n) is 8.24. The van der Waals surface area contributed by atoms with Crippen molar-refractivity contribution in [1.82, 2.24) is 0 Å². The smallest absolute Gasteiger partial charge is 0.324 e. The second kappa shape index (κ2) is 10.2. The maximum absolute atomic E-state index is 10.8. The van der Waals surface area contributed by atoms with Crippen molar-refractivity contribution in [2.24, 2.45) is 0 Å². The van der Waals surface area contributed by atoms with E-state index in [-0.39, 0.29) is 22.0 Å². The highest BCUT2D eigenvalue weighted by Crippen LogP contribution is 2.36. The molecule has 0 heterocycles. The second-order valence-corrected chi connectivity index (χ2v) is 8.35. The Morgan fingerprint density at radius 1 is 1.21 bits per heavy atom. The lowest BCUT2D eigenvalue weighted by Gasteiger charge is -2.15. The topological polar surface area (TPSA) is 101 Å². The van der Waals surface area contributed by atoms with Crippen LogP contribution in [0.15, 0.2) is 18.2 Å². The zero-order valence-corrected chi connectivity index (χ0v) is 15.7. The Morgan fingerprint density at radius 2 is 1.83 bits per heavy atom. The van der Waals surface area contributed by atoms with E-state index in [9.17, 15) is 14.7 Å². The number of thiol groups is 1. The SMILES string of the molecule is CCc1cc([N+](=O)[O-])ccc1C(S)CCCCCCCP(=O)(O)O. The Hall–Kier alpha value is -0.880. The molecule has 1 atom stereocenters. The molecule has 0 saturated heterocycles. The largest absolute Gasteiger partial charge is 0.325 e. The van der Waals surface area contributed by atoms with Crippen molar-refractivity contribution in [3.8, 4) is 0 Å². The van der Waals surface area contributed by atoms with E-state index in [1.165, 1.54) is 6.07 Å². The van der Waals surface area contributed by atoms with Gasteiger partial charge in [0, 0.05) is 23.5 Å². The summed E-state index contributed by atoms with van der Waals surface area (Å²) in [7, 11) is -3.86. The lowest BCUT2D eigenvalue weighted by molar-refractivity contribution is -0.384. The molecule has 1 rings (SSSR count). The maximum Gasteiger partial charge on any atom is 0.325 e. The van der Waals surface area contributed by atoms with Gasteiger partial charge in [0.15, 0.2) is 0 Å². The highest BCUT2D eigenvalue weighted by atomic mass is 32.1. The van der Waals surface area contributed by atoms with Crippen LogP contribution in [0.5, 0.6) is 0 Å². The van der Waals surface area contributed by atoms with Gasteiger partial charge in [-0.15, -0.1) is 0 Å². The average molecular weight is 375 g/mol. The van der Waals surface area contributed by atoms with Crippen molar-refractivity contribution >= 4 is 25.9 Å². The van der Waals surface area contributed by atoms with Gasteiger partial charge in [0.1, 0.15) is 0 Å². The predicted octanol–water partition coefficient (Wildman–Crippen LogP) is 4.65. The third kappa shape index (κ3) is 7.79. The number of aryl methyl sites for hydroxylation is 1. The molecule has 8 heteroatoms. The molecule has 1 unspecified atom stereocenters. The van der Waals surface area contributed by atoms with Crippen LogP contribution in [0.1, 0.15) is 61.8 Å². The fraction of sp³-hybridized carbons (Fsp3) is 0.625. The van der Waals surface area contributed by atoms with Crippen molar-refractivity contribution < 1.29 is 19.3 Å². The summed E-state index contributed by atoms with van der Waals surface area (Å²) in [6.07, 6.45) is 5.86. The summed E-state index contributed by atoms with van der Waals surface area (Å²) in [5, 5.41) is 10.9. The van der Waals surface area contributed by atoms with E-state index in [0.717, 1.165) is 49.7 Å². The van der Waals surface area contributed by atoms with Crippen LogP contribution >= 0.6 is 20.2 Å². The summed E-state index contributed by atoms with van der Waals surface area (Å²) >= 11 is 4.64. The standard InChI is InChI=1S/C16H26NO5PS/c1-2-13-12-14(17(18)19)9-10-15(13)16(24)8-6-4-3-5-7-11-23(20,21)22/h9-10,12,16,24H,2-8,11H2,1H3,(H2,20,21,22). The minimum Gasteiger partial charge on any atom is -0.324 e. The third-order valence-electron chi connectivity index (χ3n) is 4.00. The number of nitrogens with zero attached hydrogens (tertiary/aromatic N) is 1. The van der Waals surface area contributed by atoms with E-state index in [1.807, 2.05) is 6.92 Å². The normalized spacial score (nSPS) is 13.0. The molecular formula is C16H26NO5PS. The van der Waals surface area contributed by atoms with Gasteiger partial charge in [0.25, 0.3) is 5.69 Å². The Kier molecular flexibility index (Phi) is 8.98. The van der Waals surface area contributed by atoms with Gasteiger partial charge in [-0.05, 0) is 30.4 Å². The van der Waals surface area contributed by atoms with Crippen LogP contribution in [-0.2, 0) is 11.0 Å². The van der Waals surface area contributed by atoms with Crippen molar-refractivity contribution in [2.75, 3.05) is 6.16 Å². The van der Waals surface area contributed by atoms with E-state index < -0.39 is 7.60 Å². The Balaban J connectivity index is 2.39. The van der Waals surface area contributed by atoms with Crippen LogP contribution < -0.4 is 0 Å². The first kappa shape index (κ1) is 21.2. The number of benzene rings is 1. The third-order valence-corrected chi connectivity index (χ3v) is 5.44. The van der Waals surface area contributed by atoms with Gasteiger partial charge < -0.3 is 9.79 Å². The molecule has 0 spiro atoms. The number of rotatable bonds is 11. The highest BCUT2D eigenvalue weighted by molar-refractivity contribution is 7.80. The van der Waals surface area contributed by atoms with E-state index >= 15 is 0 Å². The minimum absolute atomic E-state index is 0.0369. The van der Waals surface area contributed by atoms with E-state index in [0.29, 0.717) is 6.42 Å². The molecule has 0 amide bonds. The van der Waals surface area contributed by atoms with Crippen LogP contribution in [0.2, 0.25) is 0 Å². The molecule has 0 bridgehead atoms. The number of nitro benzene ring substituents is 1. The molecule has 136 valence electrons. The molecule has 0 fully saturated rings. The quantitative estimate of drug-likeness (QED) is 0.172. The van der Waals surface area contributed by atoms with Crippen molar-refractivity contribution in [2.45, 2.75) is 57.1 Å². The summed E-state index contributed by atoms with van der Waals surface area (Å²) in [5.41, 5.74) is 2.12. The summed E-state index contributed by atoms with van der Waals surface area (Å²) in [6, 6.07) is 4.95. The molecule has 24 heavy (non-hydrogen) atoms. The molecular weight excluding hydrogens is 349 g/mol. The molecule has 2 N–H and O–H groups in total. The van der Waals surface area contributed by atoms with Crippen molar-refractivity contribution in [3.63, 3.8) is 0 Å². The lowest BCUT2D eigenvalue weighted by atomic mass is 9.98. The van der Waals surface area contributed by atoms with Gasteiger partial charge in [-0.2, -0.15) is 12.6 Å². The molecule has 1 aromatic carbocycles. The molecule has 0 aromatic heterocycles. The molecule has 0 aliphatic carbocycles. The Morgan fingerprint density at radius 3 is 2.42 bits per heavy atom. The number of hydrogen-bond acceptors (Lipinski definition) is 4. The fourth-order valence-corrected chi connectivity index (χ4v) is 3.75. The number of unbranched alkanes of at least 4 members (excludes halogenated alkanes) is 4. The molecule has 0 aliphatic rings. The van der Waals surface area contributed by atoms with Gasteiger partial charge >= 0.3 is 7.60 Å². The van der Waals surface area contributed by atoms with Crippen LogP contribution in [-0.4, -0.2) is 20.9 Å². The van der Waals surface area contributed by atoms with Crippen LogP contribution in [0.4, 0.5) is 5.69 Å². The summed E-state index contributed by atoms with van der Waals surface area (Å²) in [5.74, 6) is 0. The fourth-order valence-electron chi connectivity index (χ4n) is 2.68. The zero-order chi connectivity index (χ0) is 18.2. The first-order chi connectivity index (χ1) is 11.2. The summed E-state index contributed by atoms with van der Waals surface area (Å²) < 4.78 is 10.7. The molecule has 6 nitrogen and oxygen atoms in total. The summed E-state index contributed by atoms with van der Waals surface area (Å²) in [6.45, 7) is 1.98. The Bertz CT molecular complexity index is 590. The maximum atomic E-state index is 10.8. The van der Waals surface area contributed by atoms with Gasteiger partial charge in [-0.3, -0.25) is 14.7 Å². The number of nitro groups is 1. The minimum atomic E-state index is -3.86. The van der Waals surface area contributed by atoms with Gasteiger partial charge in [-0.1, -0.05) is 38.7 Å². The van der Waals surface area contributed by atoms with Gasteiger partial charge in [0.05, 0.1) is 4.92 Å². The predicted molar refractivity (Wildman–Crippen MR) is 98.8 cm³/mol.